The van der Waals surface area contributed by atoms with Gasteiger partial charge in [0.1, 0.15) is 6.34 Å². The average Bonchev–Trinajstić information content (AvgIpc) is 2.42. The van der Waals surface area contributed by atoms with E-state index in [1.807, 2.05) is 6.92 Å². The molecule has 0 aromatic rings. The van der Waals surface area contributed by atoms with Crippen LogP contribution in [0.3, 0.4) is 0 Å². The van der Waals surface area contributed by atoms with E-state index in [9.17, 15) is 17.6 Å². The zero-order chi connectivity index (χ0) is 10.8. The molecule has 0 radical (unpaired) electrons. The number of halogens is 4. The van der Waals surface area contributed by atoms with Crippen molar-refractivity contribution in [2.24, 2.45) is 5.10 Å². The minimum absolute atomic E-state index is 0.195. The van der Waals surface area contributed by atoms with Gasteiger partial charge in [-0.25, -0.2) is 9.91 Å². The Morgan fingerprint density at radius 1 is 1.43 bits per heavy atom. The molecule has 0 saturated heterocycles. The molecule has 0 amide bonds. The third-order valence-corrected chi connectivity index (χ3v) is 1.83. The number of hydrogen-bond acceptors (Lipinski definition) is 3. The van der Waals surface area contributed by atoms with Crippen LogP contribution in [0.25, 0.3) is 0 Å². The maximum atomic E-state index is 13.1. The fourth-order valence-electron chi connectivity index (χ4n) is 1.05. The third kappa shape index (κ3) is 2.27. The fraction of sp³-hybridized carbons (Fsp3) is 0.857. The monoisotopic (exact) mass is 213 g/mol. The van der Waals surface area contributed by atoms with Crippen LogP contribution in [0.5, 0.6) is 0 Å². The first-order chi connectivity index (χ1) is 6.46. The highest BCUT2D eigenvalue weighted by Gasteiger charge is 2.45. The van der Waals surface area contributed by atoms with Gasteiger partial charge in [-0.15, -0.1) is 13.2 Å². The lowest BCUT2D eigenvalue weighted by molar-refractivity contribution is -0.252. The van der Waals surface area contributed by atoms with Gasteiger partial charge in [-0.2, -0.15) is 9.49 Å². The Balaban J connectivity index is 2.52. The van der Waals surface area contributed by atoms with E-state index in [1.165, 1.54) is 0 Å². The molecule has 1 heterocycles. The van der Waals surface area contributed by atoms with Crippen LogP contribution in [0.15, 0.2) is 5.10 Å². The number of hydrogen-bond donors (Lipinski definition) is 0. The molecule has 0 aromatic heterocycles. The van der Waals surface area contributed by atoms with Crippen molar-refractivity contribution >= 4 is 6.34 Å². The molecule has 1 rings (SSSR count). The molecule has 0 N–H and O–H groups in total. The van der Waals surface area contributed by atoms with Gasteiger partial charge >= 0.3 is 6.30 Å². The van der Waals surface area contributed by atoms with Crippen molar-refractivity contribution in [1.82, 2.24) is 9.91 Å². The van der Waals surface area contributed by atoms with E-state index >= 15 is 0 Å². The van der Waals surface area contributed by atoms with Crippen molar-refractivity contribution in [1.29, 1.82) is 0 Å². The molecule has 0 aromatic carbocycles. The molecule has 0 aliphatic carbocycles. The fourth-order valence-corrected chi connectivity index (χ4v) is 1.05. The second kappa shape index (κ2) is 4.02. The van der Waals surface area contributed by atoms with Crippen LogP contribution in [-0.4, -0.2) is 35.5 Å². The summed E-state index contributed by atoms with van der Waals surface area (Å²) in [5.41, 5.74) is 0. The third-order valence-electron chi connectivity index (χ3n) is 1.83. The van der Waals surface area contributed by atoms with Crippen LogP contribution in [0.2, 0.25) is 0 Å². The van der Waals surface area contributed by atoms with Gasteiger partial charge in [0.2, 0.25) is 0 Å². The van der Waals surface area contributed by atoms with E-state index in [4.69, 9.17) is 0 Å². The van der Waals surface area contributed by atoms with Crippen LogP contribution in [-0.2, 0) is 0 Å². The summed E-state index contributed by atoms with van der Waals surface area (Å²) in [7, 11) is 0. The number of hydrazone groups is 1. The van der Waals surface area contributed by atoms with Crippen LogP contribution < -0.4 is 0 Å². The number of unbranched alkanes of at least 4 members (excludes halogenated alkanes) is 1. The standard InChI is InChI=1S/C7H11F4N3/c1-2-3-4-14-6(8)13(5-12-14)7(9,10)11/h5-6H,2-4H2,1H3. The molecular weight excluding hydrogens is 202 g/mol. The molecule has 3 nitrogen and oxygen atoms in total. The van der Waals surface area contributed by atoms with Gasteiger partial charge in [0.05, 0.1) is 0 Å². The molecule has 14 heavy (non-hydrogen) atoms. The molecule has 0 fully saturated rings. The first-order valence-electron chi connectivity index (χ1n) is 4.26. The molecule has 1 aliphatic rings. The highest BCUT2D eigenvalue weighted by molar-refractivity contribution is 5.57. The maximum absolute atomic E-state index is 13.1. The van der Waals surface area contributed by atoms with Crippen LogP contribution in [0, 0.1) is 0 Å². The largest absolute Gasteiger partial charge is 0.489 e. The van der Waals surface area contributed by atoms with Gasteiger partial charge in [0.15, 0.2) is 0 Å². The Kier molecular flexibility index (Phi) is 3.17. The summed E-state index contributed by atoms with van der Waals surface area (Å²) < 4.78 is 49.3. The average molecular weight is 213 g/mol. The molecule has 0 saturated carbocycles. The second-order valence-corrected chi connectivity index (χ2v) is 2.93. The van der Waals surface area contributed by atoms with Gasteiger partial charge in [0.25, 0.3) is 6.42 Å². The van der Waals surface area contributed by atoms with Crippen molar-refractivity contribution in [3.05, 3.63) is 0 Å². The van der Waals surface area contributed by atoms with Gasteiger partial charge in [0, 0.05) is 6.54 Å². The van der Waals surface area contributed by atoms with Crippen molar-refractivity contribution in [2.75, 3.05) is 6.54 Å². The Morgan fingerprint density at radius 3 is 2.50 bits per heavy atom. The summed E-state index contributed by atoms with van der Waals surface area (Å²) in [6.07, 6.45) is -5.06. The minimum atomic E-state index is -4.70. The van der Waals surface area contributed by atoms with Crippen LogP contribution in [0.1, 0.15) is 19.8 Å². The van der Waals surface area contributed by atoms with Gasteiger partial charge in [-0.1, -0.05) is 13.3 Å². The quantitative estimate of drug-likeness (QED) is 0.528. The molecule has 82 valence electrons. The van der Waals surface area contributed by atoms with Crippen molar-refractivity contribution in [2.45, 2.75) is 32.5 Å². The zero-order valence-electron chi connectivity index (χ0n) is 7.63. The summed E-state index contributed by atoms with van der Waals surface area (Å²) in [4.78, 5) is -0.358. The van der Waals surface area contributed by atoms with E-state index < -0.39 is 12.7 Å². The SMILES string of the molecule is CCCCN1N=CN(C(F)(F)F)C1F. The van der Waals surface area contributed by atoms with Crippen molar-refractivity contribution in [3.8, 4) is 0 Å². The molecular formula is C7H11F4N3. The number of rotatable bonds is 3. The summed E-state index contributed by atoms with van der Waals surface area (Å²) in [6.45, 7) is 2.06. The van der Waals surface area contributed by atoms with Gasteiger partial charge in [-0.3, -0.25) is 0 Å². The minimum Gasteiger partial charge on any atom is -0.245 e. The lowest BCUT2D eigenvalue weighted by Crippen LogP contribution is -2.44. The Hall–Kier alpha value is -1.01. The highest BCUT2D eigenvalue weighted by atomic mass is 19.4. The first kappa shape index (κ1) is 11.1. The Labute approximate surface area is 79.0 Å². The van der Waals surface area contributed by atoms with Crippen molar-refractivity contribution in [3.63, 3.8) is 0 Å². The topological polar surface area (TPSA) is 18.8 Å². The smallest absolute Gasteiger partial charge is 0.245 e. The normalized spacial score (nSPS) is 22.2. The van der Waals surface area contributed by atoms with E-state index in [0.717, 1.165) is 11.4 Å². The summed E-state index contributed by atoms with van der Waals surface area (Å²) in [5.74, 6) is 0. The number of nitrogens with zero attached hydrogens (tertiary/aromatic N) is 3. The molecule has 1 aliphatic heterocycles. The predicted molar refractivity (Wildman–Crippen MR) is 42.9 cm³/mol. The zero-order valence-corrected chi connectivity index (χ0v) is 7.63. The Morgan fingerprint density at radius 2 is 2.07 bits per heavy atom. The molecule has 1 atom stereocenters. The molecule has 0 spiro atoms. The molecule has 1 unspecified atom stereocenters. The second-order valence-electron chi connectivity index (χ2n) is 2.93. The Bertz CT molecular complexity index is 215. The summed E-state index contributed by atoms with van der Waals surface area (Å²) in [5, 5.41) is 4.13. The molecule has 0 bridgehead atoms. The van der Waals surface area contributed by atoms with E-state index in [0.29, 0.717) is 12.8 Å². The van der Waals surface area contributed by atoms with Crippen molar-refractivity contribution < 1.29 is 17.6 Å². The lowest BCUT2D eigenvalue weighted by Gasteiger charge is -2.24. The summed E-state index contributed by atoms with van der Waals surface area (Å²) in [6, 6.07) is 0. The summed E-state index contributed by atoms with van der Waals surface area (Å²) >= 11 is 0. The lowest BCUT2D eigenvalue weighted by atomic mass is 10.3. The maximum Gasteiger partial charge on any atom is 0.489 e. The van der Waals surface area contributed by atoms with E-state index in [-0.39, 0.29) is 11.4 Å². The first-order valence-corrected chi connectivity index (χ1v) is 4.26. The highest BCUT2D eigenvalue weighted by Crippen LogP contribution is 2.27. The predicted octanol–water partition coefficient (Wildman–Crippen LogP) is 2.12. The van der Waals surface area contributed by atoms with Crippen LogP contribution in [0.4, 0.5) is 17.6 Å². The van der Waals surface area contributed by atoms with Crippen LogP contribution >= 0.6 is 0 Å². The van der Waals surface area contributed by atoms with Gasteiger partial charge in [-0.05, 0) is 6.42 Å². The molecule has 7 heteroatoms. The van der Waals surface area contributed by atoms with E-state index in [2.05, 4.69) is 5.10 Å². The van der Waals surface area contributed by atoms with Gasteiger partial charge < -0.3 is 0 Å². The number of alkyl halides is 4. The van der Waals surface area contributed by atoms with E-state index in [1.54, 1.807) is 0 Å².